The van der Waals surface area contributed by atoms with Crippen molar-refractivity contribution in [1.29, 1.82) is 0 Å². The van der Waals surface area contributed by atoms with Crippen molar-refractivity contribution >= 4 is 18.3 Å². The van der Waals surface area contributed by atoms with Gasteiger partial charge in [-0.3, -0.25) is 4.79 Å². The van der Waals surface area contributed by atoms with E-state index in [1.807, 2.05) is 26.0 Å². The largest absolute Gasteiger partial charge is 0.491 e. The molecule has 6 heteroatoms. The summed E-state index contributed by atoms with van der Waals surface area (Å²) in [5.74, 6) is 0.653. The normalized spacial score (nSPS) is 17.2. The number of hydrogen-bond acceptors (Lipinski definition) is 4. The van der Waals surface area contributed by atoms with Gasteiger partial charge in [-0.15, -0.1) is 12.4 Å². The van der Waals surface area contributed by atoms with E-state index in [0.29, 0.717) is 18.7 Å². The zero-order valence-corrected chi connectivity index (χ0v) is 15.4. The molecule has 0 aliphatic carbocycles. The third-order valence-corrected chi connectivity index (χ3v) is 4.59. The lowest BCUT2D eigenvalue weighted by molar-refractivity contribution is 0.0679. The second kappa shape index (κ2) is 9.87. The number of carbonyl (C=O) groups is 1. The van der Waals surface area contributed by atoms with Crippen LogP contribution in [0, 0.1) is 0 Å². The minimum Gasteiger partial charge on any atom is -0.491 e. The number of nitrogens with one attached hydrogen (secondary N) is 1. The second-order valence-electron chi connectivity index (χ2n) is 6.22. The minimum atomic E-state index is -0.333. The first-order valence-electron chi connectivity index (χ1n) is 8.48. The number of hydrogen-bond donors (Lipinski definition) is 2. The molecule has 24 heavy (non-hydrogen) atoms. The van der Waals surface area contributed by atoms with Crippen LogP contribution in [-0.2, 0) is 4.74 Å². The molecule has 1 atom stereocenters. The molecule has 0 aromatic heterocycles. The maximum atomic E-state index is 12.2. The quantitative estimate of drug-likeness (QED) is 0.751. The molecule has 0 spiro atoms. The van der Waals surface area contributed by atoms with E-state index in [4.69, 9.17) is 15.2 Å². The van der Waals surface area contributed by atoms with Crippen molar-refractivity contribution < 1.29 is 14.3 Å². The molecule has 1 unspecified atom stereocenters. The summed E-state index contributed by atoms with van der Waals surface area (Å²) in [4.78, 5) is 12.2. The summed E-state index contributed by atoms with van der Waals surface area (Å²) in [6.45, 7) is 5.95. The van der Waals surface area contributed by atoms with Gasteiger partial charge in [0.25, 0.3) is 5.91 Å². The molecule has 136 valence electrons. The van der Waals surface area contributed by atoms with Gasteiger partial charge in [-0.05, 0) is 49.9 Å². The highest BCUT2D eigenvalue weighted by molar-refractivity contribution is 5.94. The van der Waals surface area contributed by atoms with E-state index in [0.717, 1.165) is 38.0 Å². The highest BCUT2D eigenvalue weighted by Gasteiger charge is 2.21. The summed E-state index contributed by atoms with van der Waals surface area (Å²) in [6.07, 6.45) is 4.01. The number of amides is 1. The number of halogens is 1. The number of ether oxygens (including phenoxy) is 2. The summed E-state index contributed by atoms with van der Waals surface area (Å²) in [5.41, 5.74) is 6.48. The van der Waals surface area contributed by atoms with E-state index in [-0.39, 0.29) is 30.0 Å². The van der Waals surface area contributed by atoms with Gasteiger partial charge < -0.3 is 20.5 Å². The monoisotopic (exact) mass is 356 g/mol. The van der Waals surface area contributed by atoms with E-state index in [9.17, 15) is 4.79 Å². The van der Waals surface area contributed by atoms with Gasteiger partial charge in [-0.25, -0.2) is 0 Å². The fourth-order valence-electron chi connectivity index (χ4n) is 2.53. The Bertz CT molecular complexity index is 497. The first-order chi connectivity index (χ1) is 11.1. The van der Waals surface area contributed by atoms with Crippen LogP contribution in [0.25, 0.3) is 0 Å². The van der Waals surface area contributed by atoms with Crippen molar-refractivity contribution in [1.82, 2.24) is 5.32 Å². The SMILES string of the molecule is CCC(N)(CC)CNC(=O)c1ccc(OCC2CCCO2)cc1.Cl. The fourth-order valence-corrected chi connectivity index (χ4v) is 2.53. The zero-order chi connectivity index (χ0) is 16.7. The van der Waals surface area contributed by atoms with E-state index < -0.39 is 0 Å². The lowest BCUT2D eigenvalue weighted by atomic mass is 9.94. The Kier molecular flexibility index (Phi) is 8.53. The van der Waals surface area contributed by atoms with E-state index >= 15 is 0 Å². The van der Waals surface area contributed by atoms with Crippen LogP contribution in [0.2, 0.25) is 0 Å². The molecule has 0 bridgehead atoms. The van der Waals surface area contributed by atoms with Gasteiger partial charge in [0.15, 0.2) is 0 Å². The molecule has 1 saturated heterocycles. The Labute approximate surface area is 150 Å². The molecule has 1 heterocycles. The molecule has 1 aliphatic heterocycles. The van der Waals surface area contributed by atoms with Crippen molar-refractivity contribution in [3.05, 3.63) is 29.8 Å². The molecule has 0 radical (unpaired) electrons. The molecular weight excluding hydrogens is 328 g/mol. The highest BCUT2D eigenvalue weighted by Crippen LogP contribution is 2.17. The van der Waals surface area contributed by atoms with Crippen molar-refractivity contribution in [2.75, 3.05) is 19.8 Å². The van der Waals surface area contributed by atoms with Crippen LogP contribution < -0.4 is 15.8 Å². The summed E-state index contributed by atoms with van der Waals surface area (Å²) in [5, 5.41) is 2.91. The van der Waals surface area contributed by atoms with E-state index in [2.05, 4.69) is 5.32 Å². The summed E-state index contributed by atoms with van der Waals surface area (Å²) >= 11 is 0. The maximum absolute atomic E-state index is 12.2. The summed E-state index contributed by atoms with van der Waals surface area (Å²) in [7, 11) is 0. The third-order valence-electron chi connectivity index (χ3n) is 4.59. The topological polar surface area (TPSA) is 73.6 Å². The Morgan fingerprint density at radius 2 is 2.00 bits per heavy atom. The van der Waals surface area contributed by atoms with Crippen LogP contribution >= 0.6 is 12.4 Å². The smallest absolute Gasteiger partial charge is 0.251 e. The lowest BCUT2D eigenvalue weighted by Crippen LogP contribution is -2.49. The Morgan fingerprint density at radius 1 is 1.33 bits per heavy atom. The van der Waals surface area contributed by atoms with Crippen LogP contribution in [0.4, 0.5) is 0 Å². The predicted molar refractivity (Wildman–Crippen MR) is 98.0 cm³/mol. The Morgan fingerprint density at radius 3 is 2.54 bits per heavy atom. The predicted octanol–water partition coefficient (Wildman–Crippen LogP) is 2.91. The fraction of sp³-hybridized carbons (Fsp3) is 0.611. The first kappa shape index (κ1) is 20.7. The van der Waals surface area contributed by atoms with Gasteiger partial charge >= 0.3 is 0 Å². The van der Waals surface area contributed by atoms with Crippen molar-refractivity contribution in [3.8, 4) is 5.75 Å². The molecule has 1 aromatic carbocycles. The molecule has 3 N–H and O–H groups in total. The van der Waals surface area contributed by atoms with Crippen LogP contribution in [0.3, 0.4) is 0 Å². The van der Waals surface area contributed by atoms with Crippen LogP contribution in [0.1, 0.15) is 49.9 Å². The molecule has 1 aromatic rings. The number of benzene rings is 1. The molecule has 0 saturated carbocycles. The maximum Gasteiger partial charge on any atom is 0.251 e. The van der Waals surface area contributed by atoms with Crippen molar-refractivity contribution in [2.45, 2.75) is 51.2 Å². The molecule has 1 aliphatic rings. The number of nitrogens with two attached hydrogens (primary N) is 1. The second-order valence-corrected chi connectivity index (χ2v) is 6.22. The van der Waals surface area contributed by atoms with Crippen LogP contribution in [-0.4, -0.2) is 37.3 Å². The highest BCUT2D eigenvalue weighted by atomic mass is 35.5. The Balaban J connectivity index is 0.00000288. The lowest BCUT2D eigenvalue weighted by Gasteiger charge is -2.26. The minimum absolute atomic E-state index is 0. The average Bonchev–Trinajstić information content (AvgIpc) is 3.11. The Hall–Kier alpha value is -1.30. The van der Waals surface area contributed by atoms with Gasteiger partial charge in [-0.1, -0.05) is 13.8 Å². The standard InChI is InChI=1S/C18H28N2O3.ClH/c1-3-18(19,4-2)13-20-17(21)14-7-9-15(10-8-14)23-12-16-6-5-11-22-16;/h7-10,16H,3-6,11-13,19H2,1-2H3,(H,20,21);1H. The molecule has 5 nitrogen and oxygen atoms in total. The summed E-state index contributed by atoms with van der Waals surface area (Å²) in [6, 6.07) is 7.19. The van der Waals surface area contributed by atoms with Gasteiger partial charge in [0.05, 0.1) is 6.10 Å². The van der Waals surface area contributed by atoms with Gasteiger partial charge in [0.1, 0.15) is 12.4 Å². The van der Waals surface area contributed by atoms with Crippen LogP contribution in [0.15, 0.2) is 24.3 Å². The molecule has 1 amide bonds. The van der Waals surface area contributed by atoms with Crippen molar-refractivity contribution in [2.24, 2.45) is 5.73 Å². The molecule has 2 rings (SSSR count). The van der Waals surface area contributed by atoms with Gasteiger partial charge in [0.2, 0.25) is 0 Å². The third kappa shape index (κ3) is 5.96. The van der Waals surface area contributed by atoms with E-state index in [1.54, 1.807) is 12.1 Å². The van der Waals surface area contributed by atoms with Gasteiger partial charge in [-0.2, -0.15) is 0 Å². The van der Waals surface area contributed by atoms with E-state index in [1.165, 1.54) is 0 Å². The average molecular weight is 357 g/mol. The zero-order valence-electron chi connectivity index (χ0n) is 14.5. The summed E-state index contributed by atoms with van der Waals surface area (Å²) < 4.78 is 11.2. The van der Waals surface area contributed by atoms with Crippen LogP contribution in [0.5, 0.6) is 5.75 Å². The molecular formula is C18H29ClN2O3. The molecule has 1 fully saturated rings. The first-order valence-corrected chi connectivity index (χ1v) is 8.48. The van der Waals surface area contributed by atoms with Gasteiger partial charge in [0, 0.05) is 24.3 Å². The van der Waals surface area contributed by atoms with Crippen molar-refractivity contribution in [3.63, 3.8) is 0 Å². The number of rotatable bonds is 8. The number of carbonyl (C=O) groups excluding carboxylic acids is 1.